The Labute approximate surface area is 166 Å². The average Bonchev–Trinajstić information content (AvgIpc) is 3.25. The topological polar surface area (TPSA) is 67.1 Å². The van der Waals surface area contributed by atoms with Gasteiger partial charge in [0.15, 0.2) is 5.96 Å². The van der Waals surface area contributed by atoms with Crippen molar-refractivity contribution < 1.29 is 0 Å². The first-order valence-corrected chi connectivity index (χ1v) is 9.68. The number of guanidine groups is 1. The first-order chi connectivity index (χ1) is 13.7. The standard InChI is InChI=1S/C22H28N6/c1-4-24-22(25-13-18(3)20-7-5-6-17(2)12-20)26-14-19-8-10-21(11-9-19)28-16-23-15-27-28/h5-12,15-16,18H,4,13-14H2,1-3H3,(H2,24,25,26). The molecular weight excluding hydrogens is 348 g/mol. The Morgan fingerprint density at radius 1 is 1.14 bits per heavy atom. The molecule has 0 saturated heterocycles. The number of rotatable bonds is 7. The van der Waals surface area contributed by atoms with Crippen LogP contribution in [0.4, 0.5) is 0 Å². The summed E-state index contributed by atoms with van der Waals surface area (Å²) in [6, 6.07) is 16.9. The molecule has 0 saturated carbocycles. The van der Waals surface area contributed by atoms with E-state index in [0.29, 0.717) is 12.5 Å². The van der Waals surface area contributed by atoms with E-state index in [0.717, 1.165) is 30.3 Å². The monoisotopic (exact) mass is 376 g/mol. The van der Waals surface area contributed by atoms with Gasteiger partial charge in [-0.1, -0.05) is 48.9 Å². The van der Waals surface area contributed by atoms with Crippen LogP contribution < -0.4 is 10.6 Å². The molecular formula is C22H28N6. The van der Waals surface area contributed by atoms with Crippen LogP contribution in [0.25, 0.3) is 5.69 Å². The fraction of sp³-hybridized carbons (Fsp3) is 0.318. The van der Waals surface area contributed by atoms with Crippen molar-refractivity contribution >= 4 is 5.96 Å². The first kappa shape index (κ1) is 19.6. The second-order valence-electron chi connectivity index (χ2n) is 6.90. The van der Waals surface area contributed by atoms with Crippen molar-refractivity contribution in [1.82, 2.24) is 25.4 Å². The molecule has 1 unspecified atom stereocenters. The molecule has 3 rings (SSSR count). The Kier molecular flexibility index (Phi) is 6.78. The molecule has 1 aromatic heterocycles. The van der Waals surface area contributed by atoms with E-state index in [9.17, 15) is 0 Å². The molecule has 1 heterocycles. The minimum Gasteiger partial charge on any atom is -0.357 e. The summed E-state index contributed by atoms with van der Waals surface area (Å²) in [7, 11) is 0. The molecule has 0 radical (unpaired) electrons. The van der Waals surface area contributed by atoms with Crippen LogP contribution in [-0.2, 0) is 6.54 Å². The molecule has 146 valence electrons. The van der Waals surface area contributed by atoms with Crippen LogP contribution in [0.15, 0.2) is 66.2 Å². The average molecular weight is 377 g/mol. The van der Waals surface area contributed by atoms with Crippen LogP contribution in [0.1, 0.15) is 36.5 Å². The number of aliphatic imine (C=N–C) groups is 1. The third-order valence-electron chi connectivity index (χ3n) is 4.57. The molecule has 0 fully saturated rings. The number of nitrogens with zero attached hydrogens (tertiary/aromatic N) is 4. The van der Waals surface area contributed by atoms with Gasteiger partial charge in [0.1, 0.15) is 12.7 Å². The van der Waals surface area contributed by atoms with Gasteiger partial charge in [-0.15, -0.1) is 0 Å². The zero-order chi connectivity index (χ0) is 19.8. The van der Waals surface area contributed by atoms with Crippen LogP contribution in [0.2, 0.25) is 0 Å². The number of aromatic nitrogens is 3. The first-order valence-electron chi connectivity index (χ1n) is 9.68. The van der Waals surface area contributed by atoms with Crippen molar-refractivity contribution in [2.45, 2.75) is 33.2 Å². The van der Waals surface area contributed by atoms with E-state index >= 15 is 0 Å². The lowest BCUT2D eigenvalue weighted by molar-refractivity contribution is 0.699. The molecule has 3 aromatic rings. The van der Waals surface area contributed by atoms with Gasteiger partial charge in [-0.3, -0.25) is 0 Å². The fourth-order valence-corrected chi connectivity index (χ4v) is 2.95. The third-order valence-corrected chi connectivity index (χ3v) is 4.57. The van der Waals surface area contributed by atoms with E-state index < -0.39 is 0 Å². The van der Waals surface area contributed by atoms with Crippen molar-refractivity contribution in [2.24, 2.45) is 4.99 Å². The zero-order valence-electron chi connectivity index (χ0n) is 16.8. The van der Waals surface area contributed by atoms with Crippen LogP contribution in [0.3, 0.4) is 0 Å². The summed E-state index contributed by atoms with van der Waals surface area (Å²) in [5.74, 6) is 1.24. The lowest BCUT2D eigenvalue weighted by atomic mass is 9.99. The summed E-state index contributed by atoms with van der Waals surface area (Å²) >= 11 is 0. The van der Waals surface area contributed by atoms with Crippen LogP contribution in [0, 0.1) is 6.92 Å². The molecule has 2 N–H and O–H groups in total. The minimum atomic E-state index is 0.408. The SMILES string of the molecule is CCNC(=NCc1ccc(-n2cncn2)cc1)NCC(C)c1cccc(C)c1. The van der Waals surface area contributed by atoms with Crippen LogP contribution >= 0.6 is 0 Å². The van der Waals surface area contributed by atoms with Gasteiger partial charge in [0.25, 0.3) is 0 Å². The maximum absolute atomic E-state index is 4.72. The molecule has 0 aliphatic carbocycles. The Bertz CT molecular complexity index is 884. The smallest absolute Gasteiger partial charge is 0.191 e. The van der Waals surface area contributed by atoms with Gasteiger partial charge in [-0.25, -0.2) is 14.7 Å². The Balaban J connectivity index is 1.59. The van der Waals surface area contributed by atoms with Crippen molar-refractivity contribution in [3.05, 3.63) is 77.9 Å². The molecule has 6 heteroatoms. The molecule has 0 spiro atoms. The lowest BCUT2D eigenvalue weighted by Crippen LogP contribution is -2.39. The maximum atomic E-state index is 4.72. The zero-order valence-corrected chi connectivity index (χ0v) is 16.8. The summed E-state index contributed by atoms with van der Waals surface area (Å²) < 4.78 is 1.74. The number of benzene rings is 2. The second kappa shape index (κ2) is 9.69. The summed E-state index contributed by atoms with van der Waals surface area (Å²) in [6.07, 6.45) is 3.22. The molecule has 0 aliphatic heterocycles. The highest BCUT2D eigenvalue weighted by atomic mass is 15.3. The van der Waals surface area contributed by atoms with Gasteiger partial charge in [0, 0.05) is 13.1 Å². The van der Waals surface area contributed by atoms with E-state index in [1.165, 1.54) is 17.5 Å². The van der Waals surface area contributed by atoms with E-state index in [1.54, 1.807) is 11.0 Å². The predicted octanol–water partition coefficient (Wildman–Crippen LogP) is 3.43. The second-order valence-corrected chi connectivity index (χ2v) is 6.90. The largest absolute Gasteiger partial charge is 0.357 e. The molecule has 0 bridgehead atoms. The Morgan fingerprint density at radius 2 is 1.96 bits per heavy atom. The van der Waals surface area contributed by atoms with Gasteiger partial charge in [0.2, 0.25) is 0 Å². The molecule has 2 aromatic carbocycles. The Morgan fingerprint density at radius 3 is 2.64 bits per heavy atom. The quantitative estimate of drug-likeness (QED) is 0.490. The highest BCUT2D eigenvalue weighted by Gasteiger charge is 2.07. The minimum absolute atomic E-state index is 0.408. The van der Waals surface area contributed by atoms with E-state index in [-0.39, 0.29) is 0 Å². The number of hydrogen-bond donors (Lipinski definition) is 2. The number of aryl methyl sites for hydroxylation is 1. The molecule has 28 heavy (non-hydrogen) atoms. The highest BCUT2D eigenvalue weighted by molar-refractivity contribution is 5.79. The van der Waals surface area contributed by atoms with Gasteiger partial charge < -0.3 is 10.6 Å². The predicted molar refractivity (Wildman–Crippen MR) is 114 cm³/mol. The summed E-state index contributed by atoms with van der Waals surface area (Å²) in [6.45, 7) is 8.72. The lowest BCUT2D eigenvalue weighted by Gasteiger charge is -2.16. The normalized spacial score (nSPS) is 12.6. The summed E-state index contributed by atoms with van der Waals surface area (Å²) in [4.78, 5) is 8.69. The van der Waals surface area contributed by atoms with E-state index in [1.807, 2.05) is 12.1 Å². The molecule has 6 nitrogen and oxygen atoms in total. The fourth-order valence-electron chi connectivity index (χ4n) is 2.95. The molecule has 1 atom stereocenters. The van der Waals surface area contributed by atoms with Gasteiger partial charge >= 0.3 is 0 Å². The number of nitrogens with one attached hydrogen (secondary N) is 2. The van der Waals surface area contributed by atoms with E-state index in [4.69, 9.17) is 4.99 Å². The number of hydrogen-bond acceptors (Lipinski definition) is 3. The van der Waals surface area contributed by atoms with Gasteiger partial charge in [0.05, 0.1) is 12.2 Å². The van der Waals surface area contributed by atoms with Crippen LogP contribution in [0.5, 0.6) is 0 Å². The van der Waals surface area contributed by atoms with Crippen LogP contribution in [-0.4, -0.2) is 33.8 Å². The van der Waals surface area contributed by atoms with E-state index in [2.05, 4.69) is 77.9 Å². The van der Waals surface area contributed by atoms with Gasteiger partial charge in [-0.05, 0) is 43.0 Å². The highest BCUT2D eigenvalue weighted by Crippen LogP contribution is 2.15. The van der Waals surface area contributed by atoms with Crippen molar-refractivity contribution in [3.8, 4) is 5.69 Å². The summed E-state index contributed by atoms with van der Waals surface area (Å²) in [5.41, 5.74) is 4.77. The van der Waals surface area contributed by atoms with Crippen molar-refractivity contribution in [2.75, 3.05) is 13.1 Å². The van der Waals surface area contributed by atoms with Crippen molar-refractivity contribution in [1.29, 1.82) is 0 Å². The Hall–Kier alpha value is -3.15. The third kappa shape index (κ3) is 5.42. The maximum Gasteiger partial charge on any atom is 0.191 e. The molecule has 0 aliphatic rings. The molecule has 0 amide bonds. The van der Waals surface area contributed by atoms with Gasteiger partial charge in [-0.2, -0.15) is 5.10 Å². The van der Waals surface area contributed by atoms with Crippen molar-refractivity contribution in [3.63, 3.8) is 0 Å². The summed E-state index contributed by atoms with van der Waals surface area (Å²) in [5, 5.41) is 10.9.